The van der Waals surface area contributed by atoms with Gasteiger partial charge in [0.25, 0.3) is 0 Å². The zero-order chi connectivity index (χ0) is 18.6. The third-order valence-corrected chi connectivity index (χ3v) is 5.20. The van der Waals surface area contributed by atoms with Crippen molar-refractivity contribution in [2.75, 3.05) is 44.6 Å². The van der Waals surface area contributed by atoms with Crippen LogP contribution >= 0.6 is 11.6 Å². The van der Waals surface area contributed by atoms with Crippen LogP contribution in [0.15, 0.2) is 42.6 Å². The van der Waals surface area contributed by atoms with Crippen molar-refractivity contribution >= 4 is 28.2 Å². The van der Waals surface area contributed by atoms with Crippen LogP contribution in [0.5, 0.6) is 5.75 Å². The fourth-order valence-electron chi connectivity index (χ4n) is 3.38. The van der Waals surface area contributed by atoms with Crippen molar-refractivity contribution in [3.05, 3.63) is 53.7 Å². The van der Waals surface area contributed by atoms with Gasteiger partial charge in [0, 0.05) is 56.9 Å². The molecule has 0 saturated carbocycles. The molecule has 1 aliphatic rings. The summed E-state index contributed by atoms with van der Waals surface area (Å²) in [6.45, 7) is 6.17. The van der Waals surface area contributed by atoms with Gasteiger partial charge in [-0.25, -0.2) is 0 Å². The number of hydrogen-bond acceptors (Lipinski definition) is 5. The summed E-state index contributed by atoms with van der Waals surface area (Å²) in [5.41, 5.74) is 3.86. The number of rotatable bonds is 5. The number of phenolic OH excluding ortho intramolecular Hbond substituents is 1. The van der Waals surface area contributed by atoms with E-state index in [9.17, 15) is 5.11 Å². The smallest absolute Gasteiger partial charge is 0.134 e. The molecule has 3 N–H and O–H groups in total. The molecule has 27 heavy (non-hydrogen) atoms. The van der Waals surface area contributed by atoms with Crippen molar-refractivity contribution in [1.29, 1.82) is 0 Å². The number of aromatic hydroxyl groups is 1. The molecular weight excluding hydrogens is 360 g/mol. The van der Waals surface area contributed by atoms with Crippen molar-refractivity contribution in [3.63, 3.8) is 0 Å². The highest BCUT2D eigenvalue weighted by Crippen LogP contribution is 2.32. The SMILES string of the molecule is Oc1ccc(-c2ccc3nc[c]c(NCCN4CCNCC4)c3c2)cc1Cl. The predicted octanol–water partition coefficient (Wildman–Crippen LogP) is 3.38. The van der Waals surface area contributed by atoms with Gasteiger partial charge in [0.05, 0.1) is 16.2 Å². The Hall–Kier alpha value is -2.34. The molecule has 2 aromatic carbocycles. The van der Waals surface area contributed by atoms with E-state index in [2.05, 4.69) is 32.7 Å². The Labute approximate surface area is 164 Å². The third-order valence-electron chi connectivity index (χ3n) is 4.90. The highest BCUT2D eigenvalue weighted by molar-refractivity contribution is 6.32. The number of aromatic nitrogens is 1. The van der Waals surface area contributed by atoms with Crippen LogP contribution in [0.2, 0.25) is 5.02 Å². The van der Waals surface area contributed by atoms with Crippen molar-refractivity contribution < 1.29 is 5.11 Å². The number of nitrogens with one attached hydrogen (secondary N) is 2. The molecule has 0 spiro atoms. The van der Waals surface area contributed by atoms with E-state index < -0.39 is 0 Å². The summed E-state index contributed by atoms with van der Waals surface area (Å²) < 4.78 is 0. The maximum absolute atomic E-state index is 9.65. The Balaban J connectivity index is 1.56. The summed E-state index contributed by atoms with van der Waals surface area (Å²) >= 11 is 6.07. The lowest BCUT2D eigenvalue weighted by Crippen LogP contribution is -2.45. The monoisotopic (exact) mass is 381 g/mol. The minimum Gasteiger partial charge on any atom is -0.506 e. The van der Waals surface area contributed by atoms with Gasteiger partial charge in [-0.3, -0.25) is 9.88 Å². The number of hydrogen-bond donors (Lipinski definition) is 3. The summed E-state index contributed by atoms with van der Waals surface area (Å²) in [6, 6.07) is 14.6. The van der Waals surface area contributed by atoms with Crippen molar-refractivity contribution in [2.45, 2.75) is 0 Å². The number of piperazine rings is 1. The first kappa shape index (κ1) is 18.0. The van der Waals surface area contributed by atoms with Gasteiger partial charge in [0.15, 0.2) is 0 Å². The van der Waals surface area contributed by atoms with Crippen molar-refractivity contribution in [3.8, 4) is 16.9 Å². The van der Waals surface area contributed by atoms with E-state index in [4.69, 9.17) is 11.6 Å². The van der Waals surface area contributed by atoms with Crippen molar-refractivity contribution in [1.82, 2.24) is 15.2 Å². The standard InChI is InChI=1S/C21H22ClN4O/c22-18-14-16(2-4-21(18)27)15-1-3-19-17(13-15)20(5-6-24-19)25-9-12-26-10-7-23-8-11-26/h1-4,6,13-14,23,27H,7-12H2,(H,24,25). The second-order valence-electron chi connectivity index (χ2n) is 6.69. The number of nitrogens with zero attached hydrogens (tertiary/aromatic N) is 2. The first-order valence-corrected chi connectivity index (χ1v) is 9.55. The Kier molecular flexibility index (Phi) is 5.43. The number of anilines is 1. The quantitative estimate of drug-likeness (QED) is 0.632. The van der Waals surface area contributed by atoms with Gasteiger partial charge in [-0.2, -0.15) is 0 Å². The Bertz CT molecular complexity index is 941. The number of fused-ring (bicyclic) bond motifs is 1. The molecular formula is C21H22ClN4O. The molecule has 4 rings (SSSR count). The van der Waals surface area contributed by atoms with E-state index >= 15 is 0 Å². The summed E-state index contributed by atoms with van der Waals surface area (Å²) in [5.74, 6) is 0.0893. The maximum Gasteiger partial charge on any atom is 0.134 e. The minimum atomic E-state index is 0.0893. The molecule has 0 amide bonds. The summed E-state index contributed by atoms with van der Waals surface area (Å²) in [6.07, 6.45) is 1.71. The molecule has 139 valence electrons. The number of halogens is 1. The fourth-order valence-corrected chi connectivity index (χ4v) is 3.56. The Morgan fingerprint density at radius 1 is 1.15 bits per heavy atom. The topological polar surface area (TPSA) is 60.4 Å². The zero-order valence-electron chi connectivity index (χ0n) is 15.0. The second-order valence-corrected chi connectivity index (χ2v) is 7.10. The number of benzene rings is 2. The first-order chi connectivity index (χ1) is 13.2. The lowest BCUT2D eigenvalue weighted by Gasteiger charge is -2.27. The second kappa shape index (κ2) is 8.13. The van der Waals surface area contributed by atoms with E-state index in [0.29, 0.717) is 5.02 Å². The number of pyridine rings is 1. The lowest BCUT2D eigenvalue weighted by molar-refractivity contribution is 0.249. The van der Waals surface area contributed by atoms with Gasteiger partial charge in [0.1, 0.15) is 5.75 Å². The van der Waals surface area contributed by atoms with Crippen molar-refractivity contribution in [2.24, 2.45) is 0 Å². The van der Waals surface area contributed by atoms with Crippen LogP contribution in [0.4, 0.5) is 5.69 Å². The highest BCUT2D eigenvalue weighted by Gasteiger charge is 2.10. The van der Waals surface area contributed by atoms with Gasteiger partial charge in [0.2, 0.25) is 0 Å². The van der Waals surface area contributed by atoms with E-state index in [0.717, 1.165) is 67.0 Å². The summed E-state index contributed by atoms with van der Waals surface area (Å²) in [4.78, 5) is 6.88. The average molecular weight is 382 g/mol. The zero-order valence-corrected chi connectivity index (χ0v) is 15.8. The van der Waals surface area contributed by atoms with Crippen LogP contribution < -0.4 is 10.6 Å². The number of phenols is 1. The van der Waals surface area contributed by atoms with Gasteiger partial charge in [-0.1, -0.05) is 23.7 Å². The Morgan fingerprint density at radius 2 is 1.93 bits per heavy atom. The molecule has 1 aromatic heterocycles. The van der Waals surface area contributed by atoms with Crippen LogP contribution in [0, 0.1) is 6.07 Å². The van der Waals surface area contributed by atoms with Gasteiger partial charge < -0.3 is 15.7 Å². The molecule has 5 nitrogen and oxygen atoms in total. The molecule has 1 radical (unpaired) electrons. The molecule has 2 heterocycles. The van der Waals surface area contributed by atoms with Gasteiger partial charge in [-0.15, -0.1) is 0 Å². The molecule has 0 bridgehead atoms. The normalized spacial score (nSPS) is 15.1. The molecule has 1 saturated heterocycles. The van der Waals surface area contributed by atoms with Gasteiger partial charge >= 0.3 is 0 Å². The van der Waals surface area contributed by atoms with E-state index in [1.54, 1.807) is 18.3 Å². The first-order valence-electron chi connectivity index (χ1n) is 9.17. The van der Waals surface area contributed by atoms with Crippen LogP contribution in [0.1, 0.15) is 0 Å². The summed E-state index contributed by atoms with van der Waals surface area (Å²) in [5, 5.41) is 17.9. The summed E-state index contributed by atoms with van der Waals surface area (Å²) in [7, 11) is 0. The van der Waals surface area contributed by atoms with E-state index in [-0.39, 0.29) is 5.75 Å². The largest absolute Gasteiger partial charge is 0.506 e. The Morgan fingerprint density at radius 3 is 2.74 bits per heavy atom. The highest BCUT2D eigenvalue weighted by atomic mass is 35.5. The van der Waals surface area contributed by atoms with Gasteiger partial charge in [-0.05, 0) is 35.4 Å². The van der Waals surface area contributed by atoms with Crippen LogP contribution in [0.25, 0.3) is 22.0 Å². The molecule has 0 aliphatic carbocycles. The van der Waals surface area contributed by atoms with Crippen LogP contribution in [-0.2, 0) is 0 Å². The fraction of sp³-hybridized carbons (Fsp3) is 0.286. The van der Waals surface area contributed by atoms with E-state index in [1.165, 1.54) is 0 Å². The molecule has 0 unspecified atom stereocenters. The molecule has 3 aromatic rings. The van der Waals surface area contributed by atoms with Crippen LogP contribution in [-0.4, -0.2) is 54.3 Å². The molecule has 1 aliphatic heterocycles. The molecule has 6 heteroatoms. The van der Waals surface area contributed by atoms with E-state index in [1.807, 2.05) is 18.2 Å². The third kappa shape index (κ3) is 4.16. The maximum atomic E-state index is 9.65. The minimum absolute atomic E-state index is 0.0893. The predicted molar refractivity (Wildman–Crippen MR) is 110 cm³/mol. The average Bonchev–Trinajstić information content (AvgIpc) is 2.71. The molecule has 0 atom stereocenters. The van der Waals surface area contributed by atoms with Crippen LogP contribution in [0.3, 0.4) is 0 Å². The lowest BCUT2D eigenvalue weighted by atomic mass is 10.0. The molecule has 1 fully saturated rings.